The number of sulfone groups is 1. The summed E-state index contributed by atoms with van der Waals surface area (Å²) < 4.78 is 29.8. The zero-order chi connectivity index (χ0) is 21.9. The van der Waals surface area contributed by atoms with E-state index in [1.54, 1.807) is 43.9 Å². The Labute approximate surface area is 177 Å². The van der Waals surface area contributed by atoms with E-state index in [4.69, 9.17) is 4.74 Å². The maximum Gasteiger partial charge on any atom is 0.255 e. The zero-order valence-electron chi connectivity index (χ0n) is 17.3. The molecule has 0 aromatic heterocycles. The summed E-state index contributed by atoms with van der Waals surface area (Å²) in [6, 6.07) is 11.1. The van der Waals surface area contributed by atoms with Gasteiger partial charge in [-0.3, -0.25) is 9.59 Å². The normalized spacial score (nSPS) is 14.6. The molecule has 1 aliphatic rings. The minimum absolute atomic E-state index is 0.0878. The van der Waals surface area contributed by atoms with Crippen molar-refractivity contribution < 1.29 is 22.7 Å². The third-order valence-corrected chi connectivity index (χ3v) is 7.35. The summed E-state index contributed by atoms with van der Waals surface area (Å²) in [6.07, 6.45) is 0. The van der Waals surface area contributed by atoms with Gasteiger partial charge in [0.15, 0.2) is 9.84 Å². The highest BCUT2D eigenvalue weighted by atomic mass is 32.2. The summed E-state index contributed by atoms with van der Waals surface area (Å²) in [5.41, 5.74) is 2.09. The van der Waals surface area contributed by atoms with Crippen LogP contribution in [0, 0.1) is 6.92 Å². The maximum absolute atomic E-state index is 12.8. The van der Waals surface area contributed by atoms with Gasteiger partial charge < -0.3 is 15.0 Å². The third-order valence-electron chi connectivity index (χ3n) is 5.18. The van der Waals surface area contributed by atoms with E-state index in [1.807, 2.05) is 0 Å². The molecule has 7 nitrogen and oxygen atoms in total. The number of hydrogen-bond donors (Lipinski definition) is 1. The smallest absolute Gasteiger partial charge is 0.255 e. The van der Waals surface area contributed by atoms with E-state index in [-0.39, 0.29) is 16.7 Å². The molecule has 2 amide bonds. The van der Waals surface area contributed by atoms with Gasteiger partial charge in [-0.05, 0) is 62.7 Å². The van der Waals surface area contributed by atoms with Crippen LogP contribution in [0.2, 0.25) is 0 Å². The first-order valence-electron chi connectivity index (χ1n) is 9.83. The Kier molecular flexibility index (Phi) is 6.58. The number of anilines is 1. The van der Waals surface area contributed by atoms with E-state index in [1.165, 1.54) is 24.3 Å². The molecule has 0 unspecified atom stereocenters. The van der Waals surface area contributed by atoms with Gasteiger partial charge in [-0.25, -0.2) is 8.42 Å². The SMILES string of the molecule is Cc1c(NC(=O)c2ccc(S(=O)(=O)C(C)C)cc2)cccc1C(=O)N1CCOCC1. The number of carbonyl (C=O) groups is 2. The molecule has 1 N–H and O–H groups in total. The number of hydrogen-bond acceptors (Lipinski definition) is 5. The van der Waals surface area contributed by atoms with Crippen LogP contribution in [0.4, 0.5) is 5.69 Å². The van der Waals surface area contributed by atoms with Gasteiger partial charge in [0.05, 0.1) is 23.4 Å². The minimum atomic E-state index is -3.39. The number of morpholine rings is 1. The van der Waals surface area contributed by atoms with Crippen LogP contribution < -0.4 is 5.32 Å². The second kappa shape index (κ2) is 8.97. The molecule has 2 aromatic rings. The molecule has 1 saturated heterocycles. The monoisotopic (exact) mass is 430 g/mol. The molecule has 0 saturated carbocycles. The standard InChI is InChI=1S/C22H26N2O5S/c1-15(2)30(27,28)18-9-7-17(8-10-18)21(25)23-20-6-4-5-19(16(20)3)22(26)24-11-13-29-14-12-24/h4-10,15H,11-14H2,1-3H3,(H,23,25). The van der Waals surface area contributed by atoms with Crippen LogP contribution in [0.15, 0.2) is 47.4 Å². The van der Waals surface area contributed by atoms with Crippen LogP contribution in [0.1, 0.15) is 40.1 Å². The van der Waals surface area contributed by atoms with Gasteiger partial charge in [-0.2, -0.15) is 0 Å². The summed E-state index contributed by atoms with van der Waals surface area (Å²) in [5, 5.41) is 2.29. The molecule has 0 spiro atoms. The Hall–Kier alpha value is -2.71. The van der Waals surface area contributed by atoms with Gasteiger partial charge in [0, 0.05) is 29.9 Å². The van der Waals surface area contributed by atoms with Crippen LogP contribution in [-0.4, -0.2) is 56.7 Å². The lowest BCUT2D eigenvalue weighted by Gasteiger charge is -2.27. The Morgan fingerprint density at radius 1 is 1.03 bits per heavy atom. The number of rotatable bonds is 5. The number of benzene rings is 2. The second-order valence-electron chi connectivity index (χ2n) is 7.45. The molecule has 3 rings (SSSR count). The molecule has 30 heavy (non-hydrogen) atoms. The fraction of sp³-hybridized carbons (Fsp3) is 0.364. The molecular weight excluding hydrogens is 404 g/mol. The van der Waals surface area contributed by atoms with Gasteiger partial charge in [-0.1, -0.05) is 6.07 Å². The average molecular weight is 431 g/mol. The lowest BCUT2D eigenvalue weighted by atomic mass is 10.0. The molecule has 0 aliphatic carbocycles. The van der Waals surface area contributed by atoms with Crippen molar-refractivity contribution >= 4 is 27.3 Å². The topological polar surface area (TPSA) is 92.8 Å². The summed E-state index contributed by atoms with van der Waals surface area (Å²) in [6.45, 7) is 7.14. The van der Waals surface area contributed by atoms with E-state index in [2.05, 4.69) is 5.32 Å². The molecule has 8 heteroatoms. The molecule has 1 fully saturated rings. The molecule has 1 heterocycles. The van der Waals surface area contributed by atoms with Gasteiger partial charge in [0.25, 0.3) is 11.8 Å². The fourth-order valence-electron chi connectivity index (χ4n) is 3.20. The van der Waals surface area contributed by atoms with E-state index in [0.717, 1.165) is 0 Å². The van der Waals surface area contributed by atoms with Crippen LogP contribution in [0.3, 0.4) is 0 Å². The van der Waals surface area contributed by atoms with Crippen molar-refractivity contribution in [2.75, 3.05) is 31.6 Å². The van der Waals surface area contributed by atoms with E-state index in [9.17, 15) is 18.0 Å². The molecule has 2 aromatic carbocycles. The zero-order valence-corrected chi connectivity index (χ0v) is 18.2. The lowest BCUT2D eigenvalue weighted by Crippen LogP contribution is -2.41. The third kappa shape index (κ3) is 4.55. The second-order valence-corrected chi connectivity index (χ2v) is 9.96. The first-order valence-corrected chi connectivity index (χ1v) is 11.4. The van der Waals surface area contributed by atoms with Crippen molar-refractivity contribution in [1.29, 1.82) is 0 Å². The maximum atomic E-state index is 12.8. The number of nitrogens with zero attached hydrogens (tertiary/aromatic N) is 1. The van der Waals surface area contributed by atoms with Gasteiger partial charge in [0.1, 0.15) is 0 Å². The summed E-state index contributed by atoms with van der Waals surface area (Å²) >= 11 is 0. The minimum Gasteiger partial charge on any atom is -0.378 e. The van der Waals surface area contributed by atoms with Crippen molar-refractivity contribution in [2.45, 2.75) is 30.9 Å². The highest BCUT2D eigenvalue weighted by molar-refractivity contribution is 7.92. The summed E-state index contributed by atoms with van der Waals surface area (Å²) in [5.74, 6) is -0.460. The summed E-state index contributed by atoms with van der Waals surface area (Å²) in [7, 11) is -3.39. The van der Waals surface area contributed by atoms with Crippen LogP contribution in [-0.2, 0) is 14.6 Å². The summed E-state index contributed by atoms with van der Waals surface area (Å²) in [4.78, 5) is 27.4. The van der Waals surface area contributed by atoms with Crippen molar-refractivity contribution in [3.05, 3.63) is 59.2 Å². The number of nitrogens with one attached hydrogen (secondary N) is 1. The molecule has 1 aliphatic heterocycles. The molecule has 0 atom stereocenters. The van der Waals surface area contributed by atoms with Crippen LogP contribution >= 0.6 is 0 Å². The number of amides is 2. The van der Waals surface area contributed by atoms with Crippen molar-refractivity contribution in [1.82, 2.24) is 4.90 Å². The van der Waals surface area contributed by atoms with Gasteiger partial charge in [0.2, 0.25) is 0 Å². The fourth-order valence-corrected chi connectivity index (χ4v) is 4.26. The quantitative estimate of drug-likeness (QED) is 0.787. The van der Waals surface area contributed by atoms with E-state index >= 15 is 0 Å². The average Bonchev–Trinajstić information content (AvgIpc) is 2.75. The predicted octanol–water partition coefficient (Wildman–Crippen LogP) is 2.90. The van der Waals surface area contributed by atoms with E-state index in [0.29, 0.717) is 48.7 Å². The van der Waals surface area contributed by atoms with Crippen LogP contribution in [0.5, 0.6) is 0 Å². The van der Waals surface area contributed by atoms with Crippen molar-refractivity contribution in [3.63, 3.8) is 0 Å². The van der Waals surface area contributed by atoms with Gasteiger partial charge in [-0.15, -0.1) is 0 Å². The van der Waals surface area contributed by atoms with Gasteiger partial charge >= 0.3 is 0 Å². The van der Waals surface area contributed by atoms with Crippen LogP contribution in [0.25, 0.3) is 0 Å². The van der Waals surface area contributed by atoms with Crippen molar-refractivity contribution in [3.8, 4) is 0 Å². The molecule has 160 valence electrons. The molecule has 0 bridgehead atoms. The first kappa shape index (κ1) is 22.0. The Bertz CT molecular complexity index is 1040. The number of ether oxygens (including phenoxy) is 1. The number of carbonyl (C=O) groups excluding carboxylic acids is 2. The Morgan fingerprint density at radius 2 is 1.67 bits per heavy atom. The molecular formula is C22H26N2O5S. The predicted molar refractivity (Wildman–Crippen MR) is 115 cm³/mol. The highest BCUT2D eigenvalue weighted by Gasteiger charge is 2.22. The largest absolute Gasteiger partial charge is 0.378 e. The lowest BCUT2D eigenvalue weighted by molar-refractivity contribution is 0.0302. The van der Waals surface area contributed by atoms with Crippen molar-refractivity contribution in [2.24, 2.45) is 0 Å². The highest BCUT2D eigenvalue weighted by Crippen LogP contribution is 2.22. The molecule has 0 radical (unpaired) electrons. The van der Waals surface area contributed by atoms with E-state index < -0.39 is 15.1 Å². The Morgan fingerprint density at radius 3 is 2.27 bits per heavy atom. The Balaban J connectivity index is 1.78. The first-order chi connectivity index (χ1) is 14.2.